The van der Waals surface area contributed by atoms with Crippen LogP contribution in [0.4, 0.5) is 0 Å². The highest BCUT2D eigenvalue weighted by Crippen LogP contribution is 2.16. The number of carbonyl (C=O) groups excluding carboxylic acids is 1. The minimum absolute atomic E-state index is 0.0244. The Labute approximate surface area is 102 Å². The fraction of sp³-hybridized carbons (Fsp3) is 0.357. The monoisotopic (exact) mass is 230 g/mol. The van der Waals surface area contributed by atoms with Gasteiger partial charge in [0.15, 0.2) is 0 Å². The minimum Gasteiger partial charge on any atom is -0.348 e. The Morgan fingerprint density at radius 1 is 1.35 bits per heavy atom. The van der Waals surface area contributed by atoms with Gasteiger partial charge in [-0.2, -0.15) is 0 Å². The van der Waals surface area contributed by atoms with E-state index in [1.807, 2.05) is 13.8 Å². The quantitative estimate of drug-likeness (QED) is 0.778. The Kier molecular flexibility index (Phi) is 3.59. The molecule has 1 aliphatic rings. The molecule has 0 atom stereocenters. The Morgan fingerprint density at radius 3 is 2.88 bits per heavy atom. The molecule has 1 heterocycles. The SMILES string of the molecule is CC(C)=CC(=O)NCc1ccc2c(c1)CNC2. The summed E-state index contributed by atoms with van der Waals surface area (Å²) in [6.45, 7) is 6.32. The zero-order valence-corrected chi connectivity index (χ0v) is 10.3. The van der Waals surface area contributed by atoms with Crippen LogP contribution >= 0.6 is 0 Å². The van der Waals surface area contributed by atoms with Crippen LogP contribution in [0.2, 0.25) is 0 Å². The Balaban J connectivity index is 1.96. The molecule has 0 unspecified atom stereocenters. The highest BCUT2D eigenvalue weighted by atomic mass is 16.1. The van der Waals surface area contributed by atoms with Gasteiger partial charge in [0.25, 0.3) is 0 Å². The molecule has 0 spiro atoms. The molecule has 2 rings (SSSR count). The number of hydrogen-bond acceptors (Lipinski definition) is 2. The summed E-state index contributed by atoms with van der Waals surface area (Å²) in [6, 6.07) is 6.38. The van der Waals surface area contributed by atoms with Gasteiger partial charge in [-0.25, -0.2) is 0 Å². The molecule has 0 aromatic heterocycles. The first-order chi connectivity index (χ1) is 8.15. The predicted molar refractivity (Wildman–Crippen MR) is 68.3 cm³/mol. The van der Waals surface area contributed by atoms with Crippen LogP contribution < -0.4 is 10.6 Å². The first-order valence-corrected chi connectivity index (χ1v) is 5.89. The molecule has 1 aliphatic heterocycles. The molecule has 1 aromatic carbocycles. The average Bonchev–Trinajstić information content (AvgIpc) is 2.72. The van der Waals surface area contributed by atoms with E-state index in [0.29, 0.717) is 6.54 Å². The highest BCUT2D eigenvalue weighted by molar-refractivity contribution is 5.87. The van der Waals surface area contributed by atoms with Gasteiger partial charge in [0.2, 0.25) is 5.91 Å². The van der Waals surface area contributed by atoms with Gasteiger partial charge in [-0.1, -0.05) is 23.8 Å². The van der Waals surface area contributed by atoms with E-state index in [2.05, 4.69) is 28.8 Å². The highest BCUT2D eigenvalue weighted by Gasteiger charge is 2.09. The summed E-state index contributed by atoms with van der Waals surface area (Å²) in [5.74, 6) is -0.0244. The molecular formula is C14H18N2O. The minimum atomic E-state index is -0.0244. The lowest BCUT2D eigenvalue weighted by atomic mass is 10.1. The van der Waals surface area contributed by atoms with E-state index >= 15 is 0 Å². The lowest BCUT2D eigenvalue weighted by Gasteiger charge is -2.05. The summed E-state index contributed by atoms with van der Waals surface area (Å²) in [5.41, 5.74) is 4.88. The smallest absolute Gasteiger partial charge is 0.244 e. The van der Waals surface area contributed by atoms with Crippen molar-refractivity contribution in [3.63, 3.8) is 0 Å². The standard InChI is InChI=1S/C14H18N2O/c1-10(2)5-14(17)16-7-11-3-4-12-8-15-9-13(12)6-11/h3-6,15H,7-9H2,1-2H3,(H,16,17). The number of benzene rings is 1. The molecule has 1 aromatic rings. The molecule has 90 valence electrons. The number of nitrogens with one attached hydrogen (secondary N) is 2. The molecule has 0 saturated heterocycles. The number of hydrogen-bond donors (Lipinski definition) is 2. The van der Waals surface area contributed by atoms with Crippen molar-refractivity contribution < 1.29 is 4.79 Å². The molecule has 0 aliphatic carbocycles. The van der Waals surface area contributed by atoms with Crippen molar-refractivity contribution >= 4 is 5.91 Å². The molecule has 0 bridgehead atoms. The van der Waals surface area contributed by atoms with Gasteiger partial charge >= 0.3 is 0 Å². The molecule has 1 amide bonds. The second-order valence-electron chi connectivity index (χ2n) is 4.65. The lowest BCUT2D eigenvalue weighted by Crippen LogP contribution is -2.20. The van der Waals surface area contributed by atoms with Crippen LogP contribution in [0, 0.1) is 0 Å². The average molecular weight is 230 g/mol. The molecule has 0 saturated carbocycles. The third kappa shape index (κ3) is 3.17. The number of fused-ring (bicyclic) bond motifs is 1. The summed E-state index contributed by atoms with van der Waals surface area (Å²) >= 11 is 0. The summed E-state index contributed by atoms with van der Waals surface area (Å²) in [5, 5.41) is 6.19. The van der Waals surface area contributed by atoms with Crippen LogP contribution in [0.1, 0.15) is 30.5 Å². The first-order valence-electron chi connectivity index (χ1n) is 5.89. The molecule has 2 N–H and O–H groups in total. The lowest BCUT2D eigenvalue weighted by molar-refractivity contribution is -0.116. The van der Waals surface area contributed by atoms with Crippen LogP contribution in [0.5, 0.6) is 0 Å². The van der Waals surface area contributed by atoms with Crippen molar-refractivity contribution in [3.8, 4) is 0 Å². The van der Waals surface area contributed by atoms with Gasteiger partial charge in [0.05, 0.1) is 0 Å². The molecule has 17 heavy (non-hydrogen) atoms. The van der Waals surface area contributed by atoms with Gasteiger partial charge in [-0.3, -0.25) is 4.79 Å². The second kappa shape index (κ2) is 5.15. The van der Waals surface area contributed by atoms with E-state index in [1.165, 1.54) is 11.1 Å². The number of amides is 1. The molecule has 3 heteroatoms. The van der Waals surface area contributed by atoms with E-state index in [-0.39, 0.29) is 5.91 Å². The van der Waals surface area contributed by atoms with Crippen molar-refractivity contribution in [1.82, 2.24) is 10.6 Å². The fourth-order valence-corrected chi connectivity index (χ4v) is 1.96. The molecular weight excluding hydrogens is 212 g/mol. The third-order valence-corrected chi connectivity index (χ3v) is 2.79. The van der Waals surface area contributed by atoms with Crippen LogP contribution in [0.25, 0.3) is 0 Å². The second-order valence-corrected chi connectivity index (χ2v) is 4.65. The number of allylic oxidation sites excluding steroid dienone is 1. The van der Waals surface area contributed by atoms with E-state index in [4.69, 9.17) is 0 Å². The van der Waals surface area contributed by atoms with E-state index < -0.39 is 0 Å². The molecule has 0 fully saturated rings. The van der Waals surface area contributed by atoms with Gasteiger partial charge < -0.3 is 10.6 Å². The summed E-state index contributed by atoms with van der Waals surface area (Å²) in [4.78, 5) is 11.5. The maximum absolute atomic E-state index is 11.5. The van der Waals surface area contributed by atoms with Crippen LogP contribution in [-0.2, 0) is 24.4 Å². The third-order valence-electron chi connectivity index (χ3n) is 2.79. The summed E-state index contributed by atoms with van der Waals surface area (Å²) in [7, 11) is 0. The molecule has 0 radical (unpaired) electrons. The fourth-order valence-electron chi connectivity index (χ4n) is 1.96. The zero-order chi connectivity index (χ0) is 12.3. The van der Waals surface area contributed by atoms with Crippen molar-refractivity contribution in [2.75, 3.05) is 0 Å². The van der Waals surface area contributed by atoms with Gasteiger partial charge in [-0.05, 0) is 30.5 Å². The van der Waals surface area contributed by atoms with Crippen LogP contribution in [-0.4, -0.2) is 5.91 Å². The van der Waals surface area contributed by atoms with Crippen molar-refractivity contribution in [2.45, 2.75) is 33.5 Å². The van der Waals surface area contributed by atoms with Gasteiger partial charge in [0, 0.05) is 25.7 Å². The van der Waals surface area contributed by atoms with Crippen molar-refractivity contribution in [2.24, 2.45) is 0 Å². The maximum atomic E-state index is 11.5. The maximum Gasteiger partial charge on any atom is 0.244 e. The first kappa shape index (κ1) is 11.9. The van der Waals surface area contributed by atoms with Crippen molar-refractivity contribution in [1.29, 1.82) is 0 Å². The number of rotatable bonds is 3. The van der Waals surface area contributed by atoms with Crippen LogP contribution in [0.15, 0.2) is 29.8 Å². The summed E-state index contributed by atoms with van der Waals surface area (Å²) in [6.07, 6.45) is 1.62. The normalized spacial score (nSPS) is 13.1. The van der Waals surface area contributed by atoms with E-state index in [1.54, 1.807) is 6.08 Å². The number of carbonyl (C=O) groups is 1. The van der Waals surface area contributed by atoms with Gasteiger partial charge in [-0.15, -0.1) is 0 Å². The Bertz CT molecular complexity index is 459. The van der Waals surface area contributed by atoms with E-state index in [9.17, 15) is 4.79 Å². The topological polar surface area (TPSA) is 41.1 Å². The Morgan fingerprint density at radius 2 is 2.12 bits per heavy atom. The van der Waals surface area contributed by atoms with Crippen molar-refractivity contribution in [3.05, 3.63) is 46.5 Å². The zero-order valence-electron chi connectivity index (χ0n) is 10.3. The van der Waals surface area contributed by atoms with E-state index in [0.717, 1.165) is 24.2 Å². The Hall–Kier alpha value is -1.61. The largest absolute Gasteiger partial charge is 0.348 e. The summed E-state index contributed by atoms with van der Waals surface area (Å²) < 4.78 is 0. The predicted octanol–water partition coefficient (Wildman–Crippen LogP) is 1.87. The van der Waals surface area contributed by atoms with Crippen LogP contribution in [0.3, 0.4) is 0 Å². The molecule has 3 nitrogen and oxygen atoms in total. The van der Waals surface area contributed by atoms with Gasteiger partial charge in [0.1, 0.15) is 0 Å².